The molecule has 1 rings (SSSR count). The van der Waals surface area contributed by atoms with E-state index in [-0.39, 0.29) is 18.0 Å². The number of nitrogens with two attached hydrogens (primary N) is 1. The van der Waals surface area contributed by atoms with Gasteiger partial charge in [0.25, 0.3) is 0 Å². The van der Waals surface area contributed by atoms with E-state index in [4.69, 9.17) is 17.3 Å². The van der Waals surface area contributed by atoms with E-state index in [2.05, 4.69) is 9.97 Å². The predicted octanol–water partition coefficient (Wildman–Crippen LogP) is 2.44. The van der Waals surface area contributed by atoms with Crippen molar-refractivity contribution in [3.05, 3.63) is 16.5 Å². The van der Waals surface area contributed by atoms with Gasteiger partial charge in [0, 0.05) is 17.0 Å². The van der Waals surface area contributed by atoms with Gasteiger partial charge < -0.3 is 10.6 Å². The van der Waals surface area contributed by atoms with Crippen molar-refractivity contribution in [2.75, 3.05) is 11.4 Å². The molecule has 0 spiro atoms. The van der Waals surface area contributed by atoms with E-state index < -0.39 is 5.91 Å². The average Bonchev–Trinajstić information content (AvgIpc) is 2.27. The van der Waals surface area contributed by atoms with Crippen molar-refractivity contribution in [1.82, 2.24) is 9.97 Å². The van der Waals surface area contributed by atoms with Crippen LogP contribution in [0.3, 0.4) is 0 Å². The Bertz CT molecular complexity index is 509. The van der Waals surface area contributed by atoms with Crippen molar-refractivity contribution >= 4 is 23.3 Å². The molecule has 1 aromatic rings. The molecule has 0 fully saturated rings. The number of carbonyl (C=O) groups is 1. The molecule has 6 heteroatoms. The minimum atomic E-state index is -0.398. The van der Waals surface area contributed by atoms with Crippen molar-refractivity contribution in [2.45, 2.75) is 53.0 Å². The van der Waals surface area contributed by atoms with Gasteiger partial charge in [0.15, 0.2) is 0 Å². The summed E-state index contributed by atoms with van der Waals surface area (Å²) in [6.45, 7) is 12.0. The first-order valence-electron chi connectivity index (χ1n) is 6.63. The lowest BCUT2D eigenvalue weighted by Gasteiger charge is -2.29. The first-order chi connectivity index (χ1) is 9.04. The molecule has 0 aromatic carbocycles. The largest absolute Gasteiger partial charge is 0.368 e. The summed E-state index contributed by atoms with van der Waals surface area (Å²) in [5.74, 6) is 0.923. The third-order valence-corrected chi connectivity index (χ3v) is 3.32. The smallest absolute Gasteiger partial charge is 0.237 e. The highest BCUT2D eigenvalue weighted by molar-refractivity contribution is 6.30. The maximum Gasteiger partial charge on any atom is 0.237 e. The van der Waals surface area contributed by atoms with Crippen molar-refractivity contribution in [3.8, 4) is 0 Å². The predicted molar refractivity (Wildman–Crippen MR) is 82.2 cm³/mol. The van der Waals surface area contributed by atoms with Crippen LogP contribution in [0.1, 0.15) is 46.0 Å². The van der Waals surface area contributed by atoms with E-state index in [1.165, 1.54) is 0 Å². The number of nitrogens with zero attached hydrogens (tertiary/aromatic N) is 3. The fraction of sp³-hybridized carbons (Fsp3) is 0.643. The quantitative estimate of drug-likeness (QED) is 0.867. The van der Waals surface area contributed by atoms with Crippen LogP contribution in [0.5, 0.6) is 0 Å². The number of rotatable bonds is 4. The molecule has 0 aliphatic rings. The Balaban J connectivity index is 3.40. The van der Waals surface area contributed by atoms with Crippen molar-refractivity contribution in [1.29, 1.82) is 0 Å². The SMILES string of the molecule is Cc1c(Cl)nc(C(C)(C)C)nc1N(CC(N)=O)C(C)C. The van der Waals surface area contributed by atoms with Gasteiger partial charge in [-0.05, 0) is 20.8 Å². The standard InChI is InChI=1S/C14H23ClN4O/c1-8(2)19(7-10(16)20)12-9(3)11(15)17-13(18-12)14(4,5)6/h8H,7H2,1-6H3,(H2,16,20). The number of hydrogen-bond donors (Lipinski definition) is 1. The molecular weight excluding hydrogens is 276 g/mol. The number of anilines is 1. The number of primary amides is 1. The third kappa shape index (κ3) is 3.82. The second kappa shape index (κ2) is 5.95. The fourth-order valence-electron chi connectivity index (χ4n) is 1.76. The van der Waals surface area contributed by atoms with Gasteiger partial charge in [-0.15, -0.1) is 0 Å². The van der Waals surface area contributed by atoms with Gasteiger partial charge in [0.2, 0.25) is 5.91 Å². The average molecular weight is 299 g/mol. The normalized spacial score (nSPS) is 11.8. The molecule has 1 aromatic heterocycles. The van der Waals surface area contributed by atoms with Gasteiger partial charge in [-0.1, -0.05) is 32.4 Å². The zero-order valence-electron chi connectivity index (χ0n) is 13.0. The van der Waals surface area contributed by atoms with E-state index >= 15 is 0 Å². The third-order valence-electron chi connectivity index (χ3n) is 2.95. The maximum absolute atomic E-state index is 11.3. The lowest BCUT2D eigenvalue weighted by Crippen LogP contribution is -2.40. The zero-order chi connectivity index (χ0) is 15.7. The van der Waals surface area contributed by atoms with Crippen LogP contribution in [0.15, 0.2) is 0 Å². The highest BCUT2D eigenvalue weighted by Crippen LogP contribution is 2.29. The zero-order valence-corrected chi connectivity index (χ0v) is 13.7. The summed E-state index contributed by atoms with van der Waals surface area (Å²) in [6, 6.07) is 0.0833. The highest BCUT2D eigenvalue weighted by Gasteiger charge is 2.24. The van der Waals surface area contributed by atoms with Gasteiger partial charge in [-0.2, -0.15) is 0 Å². The van der Waals surface area contributed by atoms with Crippen LogP contribution >= 0.6 is 11.6 Å². The van der Waals surface area contributed by atoms with Gasteiger partial charge in [0.1, 0.15) is 16.8 Å². The molecule has 0 aliphatic carbocycles. The highest BCUT2D eigenvalue weighted by atomic mass is 35.5. The maximum atomic E-state index is 11.3. The minimum Gasteiger partial charge on any atom is -0.368 e. The Morgan fingerprint density at radius 3 is 2.30 bits per heavy atom. The number of amides is 1. The molecule has 0 bridgehead atoms. The molecule has 112 valence electrons. The fourth-order valence-corrected chi connectivity index (χ4v) is 1.93. The second-order valence-corrected chi connectivity index (χ2v) is 6.58. The molecular formula is C14H23ClN4O. The second-order valence-electron chi connectivity index (χ2n) is 6.22. The summed E-state index contributed by atoms with van der Waals surface area (Å²) < 4.78 is 0. The summed E-state index contributed by atoms with van der Waals surface area (Å²) in [5, 5.41) is 0.412. The molecule has 1 heterocycles. The van der Waals surface area contributed by atoms with E-state index in [0.29, 0.717) is 16.8 Å². The number of halogens is 1. The lowest BCUT2D eigenvalue weighted by molar-refractivity contribution is -0.116. The number of aromatic nitrogens is 2. The van der Waals surface area contributed by atoms with Gasteiger partial charge in [-0.25, -0.2) is 9.97 Å². The van der Waals surface area contributed by atoms with E-state index in [9.17, 15) is 4.79 Å². The van der Waals surface area contributed by atoms with Crippen molar-refractivity contribution < 1.29 is 4.79 Å². The summed E-state index contributed by atoms with van der Waals surface area (Å²) >= 11 is 6.22. The Kier molecular flexibility index (Phi) is 4.97. The van der Waals surface area contributed by atoms with Crippen LogP contribution in [-0.2, 0) is 10.2 Å². The van der Waals surface area contributed by atoms with Crippen LogP contribution in [0.4, 0.5) is 5.82 Å². The van der Waals surface area contributed by atoms with Crippen LogP contribution in [0.2, 0.25) is 5.15 Å². The summed E-state index contributed by atoms with van der Waals surface area (Å²) in [4.78, 5) is 22.1. The number of carbonyl (C=O) groups excluding carboxylic acids is 1. The van der Waals surface area contributed by atoms with Crippen molar-refractivity contribution in [3.63, 3.8) is 0 Å². The lowest BCUT2D eigenvalue weighted by atomic mass is 9.95. The Morgan fingerprint density at radius 2 is 1.90 bits per heavy atom. The molecule has 20 heavy (non-hydrogen) atoms. The van der Waals surface area contributed by atoms with E-state index in [1.807, 2.05) is 46.4 Å². The Morgan fingerprint density at radius 1 is 1.35 bits per heavy atom. The monoisotopic (exact) mass is 298 g/mol. The minimum absolute atomic E-state index is 0.0833. The van der Waals surface area contributed by atoms with Crippen LogP contribution in [0, 0.1) is 6.92 Å². The molecule has 0 radical (unpaired) electrons. The first kappa shape index (κ1) is 16.7. The molecule has 0 saturated carbocycles. The van der Waals surface area contributed by atoms with E-state index in [1.54, 1.807) is 0 Å². The number of hydrogen-bond acceptors (Lipinski definition) is 4. The van der Waals surface area contributed by atoms with Crippen LogP contribution < -0.4 is 10.6 Å². The first-order valence-corrected chi connectivity index (χ1v) is 7.01. The van der Waals surface area contributed by atoms with Crippen molar-refractivity contribution in [2.24, 2.45) is 5.73 Å². The summed E-state index contributed by atoms with van der Waals surface area (Å²) in [6.07, 6.45) is 0. The molecule has 2 N–H and O–H groups in total. The van der Waals surface area contributed by atoms with Crippen LogP contribution in [-0.4, -0.2) is 28.5 Å². The summed E-state index contributed by atoms with van der Waals surface area (Å²) in [7, 11) is 0. The Hall–Kier alpha value is -1.36. The van der Waals surface area contributed by atoms with E-state index in [0.717, 1.165) is 5.56 Å². The van der Waals surface area contributed by atoms with Crippen LogP contribution in [0.25, 0.3) is 0 Å². The molecule has 0 unspecified atom stereocenters. The molecule has 1 amide bonds. The molecule has 0 saturated heterocycles. The Labute approximate surface area is 125 Å². The summed E-state index contributed by atoms with van der Waals surface area (Å²) in [5.41, 5.74) is 5.86. The van der Waals surface area contributed by atoms with Gasteiger partial charge >= 0.3 is 0 Å². The molecule has 5 nitrogen and oxygen atoms in total. The van der Waals surface area contributed by atoms with Gasteiger partial charge in [0.05, 0.1) is 6.54 Å². The van der Waals surface area contributed by atoms with Gasteiger partial charge in [-0.3, -0.25) is 4.79 Å². The molecule has 0 aliphatic heterocycles. The molecule has 0 atom stereocenters. The topological polar surface area (TPSA) is 72.1 Å².